The molecule has 15 heavy (non-hydrogen) atoms. The van der Waals surface area contributed by atoms with Crippen LogP contribution in [0, 0.1) is 5.92 Å². The van der Waals surface area contributed by atoms with E-state index in [1.54, 1.807) is 0 Å². The van der Waals surface area contributed by atoms with Gasteiger partial charge in [-0.15, -0.1) is 0 Å². The van der Waals surface area contributed by atoms with Gasteiger partial charge in [0, 0.05) is 6.42 Å². The summed E-state index contributed by atoms with van der Waals surface area (Å²) in [5, 5.41) is 0. The van der Waals surface area contributed by atoms with Crippen molar-refractivity contribution in [3.63, 3.8) is 0 Å². The van der Waals surface area contributed by atoms with Crippen molar-refractivity contribution >= 4 is 5.97 Å². The Morgan fingerprint density at radius 3 is 2.67 bits per heavy atom. The van der Waals surface area contributed by atoms with Gasteiger partial charge in [0.05, 0.1) is 6.61 Å². The molecule has 0 bridgehead atoms. The van der Waals surface area contributed by atoms with Crippen molar-refractivity contribution in [3.8, 4) is 0 Å². The molecule has 1 unspecified atom stereocenters. The molecule has 86 valence electrons. The molecule has 0 aromatic rings. The van der Waals surface area contributed by atoms with Gasteiger partial charge in [0.1, 0.15) is 0 Å². The number of hydrogen-bond acceptors (Lipinski definition) is 2. The highest BCUT2D eigenvalue weighted by Crippen LogP contribution is 2.08. The van der Waals surface area contributed by atoms with Crippen molar-refractivity contribution in [2.45, 2.75) is 40.5 Å². The van der Waals surface area contributed by atoms with Crippen LogP contribution in [-0.4, -0.2) is 12.6 Å². The molecular formula is C13H22O2. The van der Waals surface area contributed by atoms with E-state index in [1.807, 2.05) is 19.9 Å². The van der Waals surface area contributed by atoms with Crippen molar-refractivity contribution in [1.82, 2.24) is 0 Å². The van der Waals surface area contributed by atoms with Crippen LogP contribution < -0.4 is 0 Å². The van der Waals surface area contributed by atoms with Crippen LogP contribution in [0.15, 0.2) is 23.8 Å². The summed E-state index contributed by atoms with van der Waals surface area (Å²) in [7, 11) is 0. The largest absolute Gasteiger partial charge is 0.466 e. The monoisotopic (exact) mass is 210 g/mol. The maximum Gasteiger partial charge on any atom is 0.305 e. The van der Waals surface area contributed by atoms with E-state index in [2.05, 4.69) is 26.0 Å². The van der Waals surface area contributed by atoms with Crippen molar-refractivity contribution in [1.29, 1.82) is 0 Å². The van der Waals surface area contributed by atoms with Crippen LogP contribution in [-0.2, 0) is 9.53 Å². The molecule has 0 aliphatic rings. The summed E-state index contributed by atoms with van der Waals surface area (Å²) in [6, 6.07) is 0. The van der Waals surface area contributed by atoms with Crippen LogP contribution >= 0.6 is 0 Å². The number of allylic oxidation sites excluding steroid dienone is 4. The SMILES string of the molecule is C/C=C/C(C)=C/C(C)CCOC(=O)CC. The summed E-state index contributed by atoms with van der Waals surface area (Å²) in [4.78, 5) is 10.9. The predicted octanol–water partition coefficient (Wildman–Crippen LogP) is 3.49. The molecule has 0 heterocycles. The Hall–Kier alpha value is -1.05. The fourth-order valence-electron chi connectivity index (χ4n) is 1.31. The van der Waals surface area contributed by atoms with Gasteiger partial charge in [-0.3, -0.25) is 4.79 Å². The maximum absolute atomic E-state index is 10.9. The summed E-state index contributed by atoms with van der Waals surface area (Å²) < 4.78 is 5.02. The summed E-state index contributed by atoms with van der Waals surface area (Å²) in [6.45, 7) is 8.54. The fraction of sp³-hybridized carbons (Fsp3) is 0.615. The van der Waals surface area contributed by atoms with Crippen molar-refractivity contribution in [2.75, 3.05) is 6.61 Å². The lowest BCUT2D eigenvalue weighted by Crippen LogP contribution is -2.06. The number of hydrogen-bond donors (Lipinski definition) is 0. The topological polar surface area (TPSA) is 26.3 Å². The van der Waals surface area contributed by atoms with Crippen molar-refractivity contribution < 1.29 is 9.53 Å². The lowest BCUT2D eigenvalue weighted by molar-refractivity contribution is -0.143. The quantitative estimate of drug-likeness (QED) is 0.495. The third-order valence-corrected chi connectivity index (χ3v) is 2.10. The number of carbonyl (C=O) groups is 1. The first kappa shape index (κ1) is 13.9. The Kier molecular flexibility index (Phi) is 7.69. The van der Waals surface area contributed by atoms with Crippen LogP contribution in [0.4, 0.5) is 0 Å². The normalized spacial score (nSPS) is 14.3. The zero-order chi connectivity index (χ0) is 11.7. The number of carbonyl (C=O) groups excluding carboxylic acids is 1. The molecule has 2 heteroatoms. The van der Waals surface area contributed by atoms with Crippen LogP contribution in [0.5, 0.6) is 0 Å². The van der Waals surface area contributed by atoms with Gasteiger partial charge >= 0.3 is 5.97 Å². The van der Waals surface area contributed by atoms with Gasteiger partial charge in [-0.05, 0) is 26.2 Å². The first-order valence-corrected chi connectivity index (χ1v) is 5.56. The summed E-state index contributed by atoms with van der Waals surface area (Å²) in [6.07, 6.45) is 7.65. The smallest absolute Gasteiger partial charge is 0.305 e. The van der Waals surface area contributed by atoms with E-state index >= 15 is 0 Å². The summed E-state index contributed by atoms with van der Waals surface area (Å²) >= 11 is 0. The van der Waals surface area contributed by atoms with E-state index in [0.717, 1.165) is 6.42 Å². The van der Waals surface area contributed by atoms with Crippen molar-refractivity contribution in [2.24, 2.45) is 5.92 Å². The second-order valence-corrected chi connectivity index (χ2v) is 3.75. The van der Waals surface area contributed by atoms with Gasteiger partial charge in [0.2, 0.25) is 0 Å². The standard InChI is InChI=1S/C13H22O2/c1-5-7-11(3)10-12(4)8-9-15-13(14)6-2/h5,7,10,12H,6,8-9H2,1-4H3/b7-5+,11-10+. The molecule has 0 aliphatic heterocycles. The Labute approximate surface area is 93.0 Å². The van der Waals surface area contributed by atoms with Gasteiger partial charge in [0.25, 0.3) is 0 Å². The van der Waals surface area contributed by atoms with Crippen LogP contribution in [0.3, 0.4) is 0 Å². The first-order chi connectivity index (χ1) is 7.10. The van der Waals surface area contributed by atoms with Gasteiger partial charge in [-0.25, -0.2) is 0 Å². The minimum Gasteiger partial charge on any atom is -0.466 e. The van der Waals surface area contributed by atoms with Crippen LogP contribution in [0.25, 0.3) is 0 Å². The molecule has 0 N–H and O–H groups in total. The van der Waals surface area contributed by atoms with E-state index in [-0.39, 0.29) is 5.97 Å². The lowest BCUT2D eigenvalue weighted by Gasteiger charge is -2.07. The molecule has 0 aliphatic carbocycles. The number of rotatable bonds is 6. The minimum absolute atomic E-state index is 0.114. The maximum atomic E-state index is 10.9. The second kappa shape index (κ2) is 8.27. The van der Waals surface area contributed by atoms with Gasteiger partial charge < -0.3 is 4.74 Å². The molecule has 0 spiro atoms. The second-order valence-electron chi connectivity index (χ2n) is 3.75. The Bertz CT molecular complexity index is 239. The Balaban J connectivity index is 3.79. The average Bonchev–Trinajstić information content (AvgIpc) is 2.17. The molecule has 0 fully saturated rings. The van der Waals surface area contributed by atoms with Crippen molar-refractivity contribution in [3.05, 3.63) is 23.8 Å². The average molecular weight is 210 g/mol. The molecule has 0 aromatic carbocycles. The Morgan fingerprint density at radius 1 is 1.47 bits per heavy atom. The highest BCUT2D eigenvalue weighted by Gasteiger charge is 2.01. The van der Waals surface area contributed by atoms with Crippen LogP contribution in [0.2, 0.25) is 0 Å². The third-order valence-electron chi connectivity index (χ3n) is 2.10. The highest BCUT2D eigenvalue weighted by molar-refractivity contribution is 5.68. The van der Waals surface area contributed by atoms with E-state index < -0.39 is 0 Å². The predicted molar refractivity (Wildman–Crippen MR) is 63.6 cm³/mol. The molecule has 0 saturated carbocycles. The van der Waals surface area contributed by atoms with Gasteiger partial charge in [-0.2, -0.15) is 0 Å². The first-order valence-electron chi connectivity index (χ1n) is 5.56. The molecule has 0 radical (unpaired) electrons. The summed E-state index contributed by atoms with van der Waals surface area (Å²) in [5.41, 5.74) is 1.26. The zero-order valence-corrected chi connectivity index (χ0v) is 10.2. The molecule has 0 rings (SSSR count). The molecule has 0 amide bonds. The molecule has 0 saturated heterocycles. The molecule has 0 aromatic heterocycles. The number of esters is 1. The zero-order valence-electron chi connectivity index (χ0n) is 10.2. The fourth-order valence-corrected chi connectivity index (χ4v) is 1.31. The minimum atomic E-state index is -0.114. The lowest BCUT2D eigenvalue weighted by atomic mass is 10.1. The van der Waals surface area contributed by atoms with E-state index in [1.165, 1.54) is 5.57 Å². The van der Waals surface area contributed by atoms with E-state index in [0.29, 0.717) is 18.9 Å². The third kappa shape index (κ3) is 7.98. The molecular weight excluding hydrogens is 188 g/mol. The van der Waals surface area contributed by atoms with Crippen LogP contribution in [0.1, 0.15) is 40.5 Å². The Morgan fingerprint density at radius 2 is 2.13 bits per heavy atom. The van der Waals surface area contributed by atoms with E-state index in [9.17, 15) is 4.79 Å². The molecule has 1 atom stereocenters. The number of ether oxygens (including phenoxy) is 1. The summed E-state index contributed by atoms with van der Waals surface area (Å²) in [5.74, 6) is 0.335. The van der Waals surface area contributed by atoms with Gasteiger partial charge in [0.15, 0.2) is 0 Å². The van der Waals surface area contributed by atoms with E-state index in [4.69, 9.17) is 4.74 Å². The van der Waals surface area contributed by atoms with Gasteiger partial charge in [-0.1, -0.05) is 37.6 Å². The highest BCUT2D eigenvalue weighted by atomic mass is 16.5. The molecule has 2 nitrogen and oxygen atoms in total.